The summed E-state index contributed by atoms with van der Waals surface area (Å²) in [6.45, 7) is 0. The van der Waals surface area contributed by atoms with E-state index in [4.69, 9.17) is 0 Å². The molecule has 10 heteroatoms. The molecule has 1 N–H and O–H groups in total. The molecule has 1 rings (SSSR count). The molecule has 0 saturated heterocycles. The van der Waals surface area contributed by atoms with Crippen molar-refractivity contribution in [2.24, 2.45) is 0 Å². The number of rotatable bonds is 3. The van der Waals surface area contributed by atoms with Gasteiger partial charge in [0.05, 0.1) is 18.9 Å². The maximum atomic E-state index is 12.7. The number of ether oxygens (including phenoxy) is 2. The minimum atomic E-state index is -5.28. The number of alkyl halides is 5. The Morgan fingerprint density at radius 2 is 2.00 bits per heavy atom. The number of nitrogens with zero attached hydrogens (tertiary/aromatic N) is 1. The van der Waals surface area contributed by atoms with E-state index < -0.39 is 41.5 Å². The molecule has 0 saturated carbocycles. The van der Waals surface area contributed by atoms with Crippen LogP contribution in [0, 0.1) is 0 Å². The number of aromatic nitrogens is 1. The van der Waals surface area contributed by atoms with E-state index in [1.807, 2.05) is 0 Å². The molecule has 5 nitrogen and oxygen atoms in total. The molecular weight excluding hydrogens is 281 g/mol. The van der Waals surface area contributed by atoms with Crippen LogP contribution in [0.2, 0.25) is 0 Å². The summed E-state index contributed by atoms with van der Waals surface area (Å²) >= 11 is 0. The van der Waals surface area contributed by atoms with Gasteiger partial charge in [0.2, 0.25) is 5.88 Å². The predicted molar refractivity (Wildman–Crippen MR) is 48.9 cm³/mol. The summed E-state index contributed by atoms with van der Waals surface area (Å²) in [4.78, 5) is 14.1. The first-order valence-corrected chi connectivity index (χ1v) is 4.51. The van der Waals surface area contributed by atoms with E-state index in [2.05, 4.69) is 14.5 Å². The van der Waals surface area contributed by atoms with Crippen LogP contribution in [0.25, 0.3) is 0 Å². The molecule has 0 aliphatic carbocycles. The summed E-state index contributed by atoms with van der Waals surface area (Å²) in [7, 11) is 0.807. The van der Waals surface area contributed by atoms with Crippen LogP contribution < -0.4 is 4.74 Å². The maximum Gasteiger partial charge on any atom is 0.574 e. The molecule has 0 aliphatic heterocycles. The SMILES string of the molecule is COC(=O)c1c(O)cnc(OC(F)(F)F)c1C(F)F. The van der Waals surface area contributed by atoms with Gasteiger partial charge < -0.3 is 14.6 Å². The average Bonchev–Trinajstić information content (AvgIpc) is 2.27. The molecule has 0 amide bonds. The molecule has 106 valence electrons. The highest BCUT2D eigenvalue weighted by Gasteiger charge is 2.37. The molecule has 1 aromatic heterocycles. The van der Waals surface area contributed by atoms with Crippen molar-refractivity contribution < 1.29 is 41.3 Å². The van der Waals surface area contributed by atoms with Crippen molar-refractivity contribution in [3.63, 3.8) is 0 Å². The predicted octanol–water partition coefficient (Wildman–Crippen LogP) is 2.41. The van der Waals surface area contributed by atoms with Crippen LogP contribution in [0.1, 0.15) is 22.3 Å². The molecule has 0 fully saturated rings. The fraction of sp³-hybridized carbons (Fsp3) is 0.333. The monoisotopic (exact) mass is 287 g/mol. The van der Waals surface area contributed by atoms with Crippen molar-refractivity contribution in [1.82, 2.24) is 4.98 Å². The van der Waals surface area contributed by atoms with Gasteiger partial charge in [-0.15, -0.1) is 13.2 Å². The number of hydrogen-bond donors (Lipinski definition) is 1. The van der Waals surface area contributed by atoms with Gasteiger partial charge in [-0.05, 0) is 0 Å². The van der Waals surface area contributed by atoms with Gasteiger partial charge in [0.1, 0.15) is 11.3 Å². The zero-order chi connectivity index (χ0) is 14.8. The first-order chi connectivity index (χ1) is 8.67. The van der Waals surface area contributed by atoms with Crippen molar-refractivity contribution in [3.8, 4) is 11.6 Å². The fourth-order valence-electron chi connectivity index (χ4n) is 1.21. The largest absolute Gasteiger partial charge is 0.574 e. The highest BCUT2D eigenvalue weighted by atomic mass is 19.4. The average molecular weight is 287 g/mol. The van der Waals surface area contributed by atoms with Crippen LogP contribution in [0.15, 0.2) is 6.20 Å². The Morgan fingerprint density at radius 3 is 2.42 bits per heavy atom. The summed E-state index contributed by atoms with van der Waals surface area (Å²) in [5.74, 6) is -4.01. The van der Waals surface area contributed by atoms with E-state index in [-0.39, 0.29) is 0 Å². The Kier molecular flexibility index (Phi) is 4.12. The van der Waals surface area contributed by atoms with Gasteiger partial charge in [-0.1, -0.05) is 0 Å². The first kappa shape index (κ1) is 14.9. The van der Waals surface area contributed by atoms with Crippen LogP contribution in [0.5, 0.6) is 11.6 Å². The van der Waals surface area contributed by atoms with Crippen LogP contribution in [-0.2, 0) is 4.74 Å². The van der Waals surface area contributed by atoms with E-state index in [0.717, 1.165) is 7.11 Å². The van der Waals surface area contributed by atoms with Crippen molar-refractivity contribution in [3.05, 3.63) is 17.3 Å². The zero-order valence-corrected chi connectivity index (χ0v) is 9.16. The third-order valence-corrected chi connectivity index (χ3v) is 1.88. The second-order valence-corrected chi connectivity index (χ2v) is 3.08. The Bertz CT molecular complexity index is 488. The minimum Gasteiger partial charge on any atom is -0.505 e. The Labute approximate surface area is 102 Å². The molecule has 0 unspecified atom stereocenters. The third kappa shape index (κ3) is 3.42. The molecule has 19 heavy (non-hydrogen) atoms. The van der Waals surface area contributed by atoms with E-state index in [0.29, 0.717) is 6.20 Å². The molecule has 0 atom stereocenters. The highest BCUT2D eigenvalue weighted by molar-refractivity contribution is 5.94. The van der Waals surface area contributed by atoms with Gasteiger partial charge in [-0.25, -0.2) is 18.6 Å². The summed E-state index contributed by atoms with van der Waals surface area (Å²) < 4.78 is 68.9. The Hall–Kier alpha value is -2.13. The molecule has 0 aromatic carbocycles. The lowest BCUT2D eigenvalue weighted by molar-refractivity contribution is -0.276. The third-order valence-electron chi connectivity index (χ3n) is 1.88. The van der Waals surface area contributed by atoms with Gasteiger partial charge in [-0.2, -0.15) is 0 Å². The number of carbonyl (C=O) groups excluding carboxylic acids is 1. The van der Waals surface area contributed by atoms with E-state index in [9.17, 15) is 31.9 Å². The van der Waals surface area contributed by atoms with Gasteiger partial charge in [0.25, 0.3) is 6.43 Å². The molecule has 1 aromatic rings. The number of halogens is 5. The molecule has 0 spiro atoms. The molecule has 0 radical (unpaired) electrons. The molecule has 0 aliphatic rings. The molecular formula is C9H6F5NO4. The number of pyridine rings is 1. The fourth-order valence-corrected chi connectivity index (χ4v) is 1.21. The van der Waals surface area contributed by atoms with Gasteiger partial charge in [0.15, 0.2) is 0 Å². The molecule has 1 heterocycles. The number of carbonyl (C=O) groups is 1. The minimum absolute atomic E-state index is 0.374. The van der Waals surface area contributed by atoms with Crippen LogP contribution in [-0.4, -0.2) is 29.5 Å². The highest BCUT2D eigenvalue weighted by Crippen LogP contribution is 2.37. The second kappa shape index (κ2) is 5.24. The Balaban J connectivity index is 3.45. The van der Waals surface area contributed by atoms with E-state index in [1.54, 1.807) is 0 Å². The summed E-state index contributed by atoms with van der Waals surface area (Å²) in [5.41, 5.74) is -2.63. The summed E-state index contributed by atoms with van der Waals surface area (Å²) in [6, 6.07) is 0. The summed E-state index contributed by atoms with van der Waals surface area (Å²) in [6.07, 6.45) is -8.44. The Morgan fingerprint density at radius 1 is 1.42 bits per heavy atom. The quantitative estimate of drug-likeness (QED) is 0.683. The van der Waals surface area contributed by atoms with Crippen molar-refractivity contribution in [1.29, 1.82) is 0 Å². The van der Waals surface area contributed by atoms with Gasteiger partial charge >= 0.3 is 12.3 Å². The van der Waals surface area contributed by atoms with Crippen LogP contribution >= 0.6 is 0 Å². The normalized spacial score (nSPS) is 11.5. The van der Waals surface area contributed by atoms with Crippen molar-refractivity contribution in [2.75, 3.05) is 7.11 Å². The number of aromatic hydroxyl groups is 1. The smallest absolute Gasteiger partial charge is 0.505 e. The van der Waals surface area contributed by atoms with Gasteiger partial charge in [0, 0.05) is 0 Å². The van der Waals surface area contributed by atoms with Crippen molar-refractivity contribution >= 4 is 5.97 Å². The molecule has 0 bridgehead atoms. The number of esters is 1. The van der Waals surface area contributed by atoms with E-state index in [1.165, 1.54) is 0 Å². The topological polar surface area (TPSA) is 68.7 Å². The lowest BCUT2D eigenvalue weighted by Gasteiger charge is -2.14. The lowest BCUT2D eigenvalue weighted by atomic mass is 10.1. The number of methoxy groups -OCH3 is 1. The summed E-state index contributed by atoms with van der Waals surface area (Å²) in [5, 5.41) is 9.23. The number of hydrogen-bond acceptors (Lipinski definition) is 5. The lowest BCUT2D eigenvalue weighted by Crippen LogP contribution is -2.20. The van der Waals surface area contributed by atoms with Crippen molar-refractivity contribution in [2.45, 2.75) is 12.8 Å². The first-order valence-electron chi connectivity index (χ1n) is 4.51. The van der Waals surface area contributed by atoms with Gasteiger partial charge in [-0.3, -0.25) is 0 Å². The van der Waals surface area contributed by atoms with Crippen LogP contribution in [0.4, 0.5) is 22.0 Å². The second-order valence-electron chi connectivity index (χ2n) is 3.08. The van der Waals surface area contributed by atoms with E-state index >= 15 is 0 Å². The zero-order valence-electron chi connectivity index (χ0n) is 9.16. The maximum absolute atomic E-state index is 12.7. The standard InChI is InChI=1S/C9H6F5NO4/c1-18-8(17)4-3(16)2-15-7(5(4)6(10)11)19-9(12,13)14/h2,6,16H,1H3. The van der Waals surface area contributed by atoms with Crippen LogP contribution in [0.3, 0.4) is 0 Å².